The molecule has 2 amide bonds. The Balaban J connectivity index is 1.73. The highest BCUT2D eigenvalue weighted by molar-refractivity contribution is 6.05. The highest BCUT2D eigenvalue weighted by Crippen LogP contribution is 2.22. The number of carbonyl (C=O) groups is 2. The summed E-state index contributed by atoms with van der Waals surface area (Å²) in [7, 11) is 0. The average molecular weight is 365 g/mol. The van der Waals surface area contributed by atoms with E-state index in [0.717, 1.165) is 48.9 Å². The van der Waals surface area contributed by atoms with Crippen molar-refractivity contribution in [3.05, 3.63) is 58.9 Å². The summed E-state index contributed by atoms with van der Waals surface area (Å²) in [6.45, 7) is 4.02. The highest BCUT2D eigenvalue weighted by Gasteiger charge is 2.18. The SMILES string of the molecule is CCc1cccc(C)c1NC(=O)c1cc(C(=O)NC2CCCCC2)ccn1. The van der Waals surface area contributed by atoms with Gasteiger partial charge >= 0.3 is 0 Å². The fourth-order valence-electron chi connectivity index (χ4n) is 3.59. The number of aromatic nitrogens is 1. The van der Waals surface area contributed by atoms with Crippen molar-refractivity contribution < 1.29 is 9.59 Å². The number of nitrogens with one attached hydrogen (secondary N) is 2. The number of pyridine rings is 1. The van der Waals surface area contributed by atoms with Gasteiger partial charge in [0, 0.05) is 23.5 Å². The van der Waals surface area contributed by atoms with E-state index in [1.54, 1.807) is 12.1 Å². The summed E-state index contributed by atoms with van der Waals surface area (Å²) in [5, 5.41) is 6.04. The Labute approximate surface area is 160 Å². The molecular weight excluding hydrogens is 338 g/mol. The van der Waals surface area contributed by atoms with Crippen molar-refractivity contribution in [3.63, 3.8) is 0 Å². The van der Waals surface area contributed by atoms with E-state index in [9.17, 15) is 9.59 Å². The van der Waals surface area contributed by atoms with Gasteiger partial charge in [-0.05, 0) is 49.4 Å². The number of benzene rings is 1. The van der Waals surface area contributed by atoms with Crippen LogP contribution in [0.25, 0.3) is 0 Å². The zero-order valence-electron chi connectivity index (χ0n) is 16.0. The van der Waals surface area contributed by atoms with E-state index < -0.39 is 0 Å². The molecule has 1 fully saturated rings. The standard InChI is InChI=1S/C22H27N3O2/c1-3-16-9-7-8-15(2)20(16)25-22(27)19-14-17(12-13-23-19)21(26)24-18-10-5-4-6-11-18/h7-9,12-14,18H,3-6,10-11H2,1-2H3,(H,24,26)(H,25,27). The molecular formula is C22H27N3O2. The molecule has 27 heavy (non-hydrogen) atoms. The molecule has 0 bridgehead atoms. The number of nitrogens with zero attached hydrogens (tertiary/aromatic N) is 1. The summed E-state index contributed by atoms with van der Waals surface area (Å²) < 4.78 is 0. The third-order valence-electron chi connectivity index (χ3n) is 5.17. The van der Waals surface area contributed by atoms with Gasteiger partial charge in [-0.25, -0.2) is 0 Å². The number of rotatable bonds is 5. The molecule has 0 radical (unpaired) electrons. The van der Waals surface area contributed by atoms with Gasteiger partial charge in [0.05, 0.1) is 0 Å². The molecule has 0 saturated heterocycles. The van der Waals surface area contributed by atoms with Crippen molar-refractivity contribution in [2.24, 2.45) is 0 Å². The first-order valence-electron chi connectivity index (χ1n) is 9.75. The Morgan fingerprint density at radius 1 is 1.11 bits per heavy atom. The molecule has 1 aliphatic rings. The van der Waals surface area contributed by atoms with E-state index in [1.165, 1.54) is 12.6 Å². The van der Waals surface area contributed by atoms with E-state index in [1.807, 2.05) is 25.1 Å². The van der Waals surface area contributed by atoms with Gasteiger partial charge in [-0.15, -0.1) is 0 Å². The summed E-state index contributed by atoms with van der Waals surface area (Å²) in [6.07, 6.45) is 7.95. The van der Waals surface area contributed by atoms with E-state index in [-0.39, 0.29) is 23.6 Å². The number of anilines is 1. The molecule has 5 heteroatoms. The molecule has 5 nitrogen and oxygen atoms in total. The molecule has 0 aliphatic heterocycles. The maximum atomic E-state index is 12.7. The van der Waals surface area contributed by atoms with Crippen molar-refractivity contribution in [2.75, 3.05) is 5.32 Å². The lowest BCUT2D eigenvalue weighted by atomic mass is 9.95. The summed E-state index contributed by atoms with van der Waals surface area (Å²) in [4.78, 5) is 29.4. The predicted octanol–water partition coefficient (Wildman–Crippen LogP) is 4.27. The Morgan fingerprint density at radius 2 is 1.89 bits per heavy atom. The quantitative estimate of drug-likeness (QED) is 0.831. The summed E-state index contributed by atoms with van der Waals surface area (Å²) >= 11 is 0. The molecule has 1 aliphatic carbocycles. The van der Waals surface area contributed by atoms with Gasteiger partial charge in [-0.2, -0.15) is 0 Å². The third kappa shape index (κ3) is 4.73. The topological polar surface area (TPSA) is 71.1 Å². The number of amides is 2. The van der Waals surface area contributed by atoms with Gasteiger partial charge < -0.3 is 10.6 Å². The molecule has 0 unspecified atom stereocenters. The van der Waals surface area contributed by atoms with Gasteiger partial charge in [0.1, 0.15) is 5.69 Å². The Bertz CT molecular complexity index is 826. The Kier molecular flexibility index (Phi) is 6.22. The lowest BCUT2D eigenvalue weighted by molar-refractivity contribution is 0.0927. The van der Waals surface area contributed by atoms with Crippen LogP contribution in [0.4, 0.5) is 5.69 Å². The molecule has 3 rings (SSSR count). The van der Waals surface area contributed by atoms with Crippen LogP contribution in [0.3, 0.4) is 0 Å². The third-order valence-corrected chi connectivity index (χ3v) is 5.17. The van der Waals surface area contributed by atoms with Crippen LogP contribution in [-0.4, -0.2) is 22.8 Å². The minimum atomic E-state index is -0.300. The van der Waals surface area contributed by atoms with Gasteiger partial charge in [0.2, 0.25) is 0 Å². The second-order valence-corrected chi connectivity index (χ2v) is 7.15. The minimum absolute atomic E-state index is 0.136. The molecule has 1 saturated carbocycles. The number of hydrogen-bond donors (Lipinski definition) is 2. The van der Waals surface area contributed by atoms with Gasteiger partial charge in [-0.3, -0.25) is 14.6 Å². The van der Waals surface area contributed by atoms with Crippen molar-refractivity contribution in [1.82, 2.24) is 10.3 Å². The summed E-state index contributed by atoms with van der Waals surface area (Å²) in [6, 6.07) is 9.41. The lowest BCUT2D eigenvalue weighted by Gasteiger charge is -2.22. The smallest absolute Gasteiger partial charge is 0.274 e. The lowest BCUT2D eigenvalue weighted by Crippen LogP contribution is -2.36. The second kappa shape index (κ2) is 8.80. The first-order valence-corrected chi connectivity index (χ1v) is 9.75. The molecule has 0 spiro atoms. The Morgan fingerprint density at radius 3 is 2.63 bits per heavy atom. The van der Waals surface area contributed by atoms with Crippen LogP contribution in [-0.2, 0) is 6.42 Å². The Hall–Kier alpha value is -2.69. The zero-order valence-corrected chi connectivity index (χ0v) is 16.0. The maximum Gasteiger partial charge on any atom is 0.274 e. The van der Waals surface area contributed by atoms with E-state index in [4.69, 9.17) is 0 Å². The van der Waals surface area contributed by atoms with Crippen LogP contribution in [0.15, 0.2) is 36.5 Å². The van der Waals surface area contributed by atoms with E-state index >= 15 is 0 Å². The van der Waals surface area contributed by atoms with Crippen LogP contribution >= 0.6 is 0 Å². The second-order valence-electron chi connectivity index (χ2n) is 7.15. The van der Waals surface area contributed by atoms with Crippen LogP contribution in [0.1, 0.15) is 71.0 Å². The molecule has 1 heterocycles. The van der Waals surface area contributed by atoms with E-state index in [2.05, 4.69) is 22.5 Å². The normalized spacial score (nSPS) is 14.6. The molecule has 2 aromatic rings. The summed E-state index contributed by atoms with van der Waals surface area (Å²) in [5.41, 5.74) is 3.63. The maximum absolute atomic E-state index is 12.7. The monoisotopic (exact) mass is 365 g/mol. The van der Waals surface area contributed by atoms with Crippen molar-refractivity contribution >= 4 is 17.5 Å². The van der Waals surface area contributed by atoms with E-state index in [0.29, 0.717) is 5.56 Å². The number of para-hydroxylation sites is 1. The zero-order chi connectivity index (χ0) is 19.2. The first kappa shape index (κ1) is 19.1. The molecule has 2 N–H and O–H groups in total. The van der Waals surface area contributed by atoms with Crippen molar-refractivity contribution in [1.29, 1.82) is 0 Å². The molecule has 0 atom stereocenters. The molecule has 142 valence electrons. The average Bonchev–Trinajstić information content (AvgIpc) is 2.70. The fraction of sp³-hybridized carbons (Fsp3) is 0.409. The van der Waals surface area contributed by atoms with Gasteiger partial charge in [0.25, 0.3) is 11.8 Å². The highest BCUT2D eigenvalue weighted by atomic mass is 16.2. The minimum Gasteiger partial charge on any atom is -0.349 e. The number of aryl methyl sites for hydroxylation is 2. The van der Waals surface area contributed by atoms with Crippen LogP contribution in [0.2, 0.25) is 0 Å². The summed E-state index contributed by atoms with van der Waals surface area (Å²) in [5.74, 6) is -0.435. The predicted molar refractivity (Wildman–Crippen MR) is 107 cm³/mol. The van der Waals surface area contributed by atoms with Crippen LogP contribution in [0.5, 0.6) is 0 Å². The molecule has 1 aromatic heterocycles. The van der Waals surface area contributed by atoms with Crippen LogP contribution in [0, 0.1) is 6.92 Å². The molecule has 1 aromatic carbocycles. The van der Waals surface area contributed by atoms with Gasteiger partial charge in [-0.1, -0.05) is 44.4 Å². The van der Waals surface area contributed by atoms with Crippen molar-refractivity contribution in [3.8, 4) is 0 Å². The van der Waals surface area contributed by atoms with Crippen molar-refractivity contribution in [2.45, 2.75) is 58.4 Å². The largest absolute Gasteiger partial charge is 0.349 e. The number of hydrogen-bond acceptors (Lipinski definition) is 3. The van der Waals surface area contributed by atoms with Crippen LogP contribution < -0.4 is 10.6 Å². The first-order chi connectivity index (χ1) is 13.1. The number of carbonyl (C=O) groups excluding carboxylic acids is 2. The fourth-order valence-corrected chi connectivity index (χ4v) is 3.59. The van der Waals surface area contributed by atoms with Gasteiger partial charge in [0.15, 0.2) is 0 Å².